The van der Waals surface area contributed by atoms with Gasteiger partial charge in [-0.1, -0.05) is 6.92 Å². The van der Waals surface area contributed by atoms with Gasteiger partial charge in [0.2, 0.25) is 0 Å². The Morgan fingerprint density at radius 2 is 1.80 bits per heavy atom. The molecular formula is C8H14O2. The summed E-state index contributed by atoms with van der Waals surface area (Å²) in [6.07, 6.45) is 2.56. The molecule has 3 unspecified atom stereocenters. The van der Waals surface area contributed by atoms with Crippen molar-refractivity contribution in [2.24, 2.45) is 11.8 Å². The van der Waals surface area contributed by atoms with E-state index < -0.39 is 0 Å². The SMILES string of the molecule is CC1CCOC2OCCC12. The van der Waals surface area contributed by atoms with E-state index >= 15 is 0 Å². The van der Waals surface area contributed by atoms with Crippen LogP contribution in [0.1, 0.15) is 19.8 Å². The second kappa shape index (κ2) is 2.51. The quantitative estimate of drug-likeness (QED) is 0.509. The van der Waals surface area contributed by atoms with Crippen LogP contribution in [0.3, 0.4) is 0 Å². The van der Waals surface area contributed by atoms with Gasteiger partial charge in [0.05, 0.1) is 13.2 Å². The van der Waals surface area contributed by atoms with E-state index in [1.807, 2.05) is 0 Å². The summed E-state index contributed by atoms with van der Waals surface area (Å²) in [4.78, 5) is 0. The monoisotopic (exact) mass is 142 g/mol. The highest BCUT2D eigenvalue weighted by Gasteiger charge is 2.36. The van der Waals surface area contributed by atoms with Crippen LogP contribution in [0.25, 0.3) is 0 Å². The summed E-state index contributed by atoms with van der Waals surface area (Å²) >= 11 is 0. The summed E-state index contributed by atoms with van der Waals surface area (Å²) < 4.78 is 10.9. The second-order valence-electron chi connectivity index (χ2n) is 3.33. The topological polar surface area (TPSA) is 18.5 Å². The molecule has 2 heterocycles. The first-order valence-corrected chi connectivity index (χ1v) is 4.11. The first kappa shape index (κ1) is 6.62. The highest BCUT2D eigenvalue weighted by molar-refractivity contribution is 4.78. The first-order valence-electron chi connectivity index (χ1n) is 4.11. The zero-order chi connectivity index (χ0) is 6.97. The van der Waals surface area contributed by atoms with E-state index in [9.17, 15) is 0 Å². The molecule has 58 valence electrons. The molecule has 3 atom stereocenters. The number of ether oxygens (including phenoxy) is 2. The van der Waals surface area contributed by atoms with E-state index in [-0.39, 0.29) is 6.29 Å². The minimum atomic E-state index is 0.142. The maximum absolute atomic E-state index is 5.45. The summed E-state index contributed by atoms with van der Waals surface area (Å²) in [6, 6.07) is 0. The molecule has 2 rings (SSSR count). The summed E-state index contributed by atoms with van der Waals surface area (Å²) in [7, 11) is 0. The van der Waals surface area contributed by atoms with E-state index in [1.54, 1.807) is 0 Å². The fourth-order valence-corrected chi connectivity index (χ4v) is 1.89. The van der Waals surface area contributed by atoms with E-state index in [2.05, 4.69) is 6.92 Å². The Morgan fingerprint density at radius 3 is 2.50 bits per heavy atom. The van der Waals surface area contributed by atoms with Crippen molar-refractivity contribution in [2.45, 2.75) is 26.1 Å². The highest BCUT2D eigenvalue weighted by atomic mass is 16.7. The van der Waals surface area contributed by atoms with Crippen molar-refractivity contribution in [3.63, 3.8) is 0 Å². The average molecular weight is 142 g/mol. The van der Waals surface area contributed by atoms with Gasteiger partial charge in [0.15, 0.2) is 6.29 Å². The molecule has 0 aromatic carbocycles. The van der Waals surface area contributed by atoms with Gasteiger partial charge >= 0.3 is 0 Å². The Kier molecular flexibility index (Phi) is 1.66. The molecule has 2 nitrogen and oxygen atoms in total. The van der Waals surface area contributed by atoms with Crippen LogP contribution >= 0.6 is 0 Å². The average Bonchev–Trinajstić information content (AvgIpc) is 2.36. The molecule has 0 N–H and O–H groups in total. The van der Waals surface area contributed by atoms with Crippen LogP contribution in [0.5, 0.6) is 0 Å². The third kappa shape index (κ3) is 0.956. The molecule has 0 aromatic heterocycles. The lowest BCUT2D eigenvalue weighted by Crippen LogP contribution is -2.31. The number of hydrogen-bond acceptors (Lipinski definition) is 2. The van der Waals surface area contributed by atoms with Gasteiger partial charge in [-0.2, -0.15) is 0 Å². The number of rotatable bonds is 0. The van der Waals surface area contributed by atoms with Crippen LogP contribution in [-0.2, 0) is 9.47 Å². The van der Waals surface area contributed by atoms with Crippen molar-refractivity contribution in [3.05, 3.63) is 0 Å². The molecule has 2 aliphatic rings. The fraction of sp³-hybridized carbons (Fsp3) is 1.00. The molecule has 10 heavy (non-hydrogen) atoms. The van der Waals surface area contributed by atoms with Gasteiger partial charge in [-0.15, -0.1) is 0 Å². The predicted octanol–water partition coefficient (Wildman–Crippen LogP) is 1.41. The van der Waals surface area contributed by atoms with E-state index in [0.29, 0.717) is 5.92 Å². The van der Waals surface area contributed by atoms with Crippen LogP contribution in [-0.4, -0.2) is 19.5 Å². The molecule has 2 aliphatic heterocycles. The number of fused-ring (bicyclic) bond motifs is 1. The van der Waals surface area contributed by atoms with Gasteiger partial charge in [-0.3, -0.25) is 0 Å². The second-order valence-corrected chi connectivity index (χ2v) is 3.33. The van der Waals surface area contributed by atoms with Gasteiger partial charge in [0, 0.05) is 5.92 Å². The minimum absolute atomic E-state index is 0.142. The third-order valence-corrected chi connectivity index (χ3v) is 2.67. The maximum atomic E-state index is 5.45. The van der Waals surface area contributed by atoms with Crippen LogP contribution in [0.2, 0.25) is 0 Å². The molecule has 0 bridgehead atoms. The van der Waals surface area contributed by atoms with Crippen LogP contribution in [0.4, 0.5) is 0 Å². The lowest BCUT2D eigenvalue weighted by molar-refractivity contribution is -0.163. The highest BCUT2D eigenvalue weighted by Crippen LogP contribution is 2.34. The fourth-order valence-electron chi connectivity index (χ4n) is 1.89. The van der Waals surface area contributed by atoms with Crippen molar-refractivity contribution in [2.75, 3.05) is 13.2 Å². The molecule has 2 saturated heterocycles. The summed E-state index contributed by atoms with van der Waals surface area (Å²) in [5.74, 6) is 1.50. The summed E-state index contributed by atoms with van der Waals surface area (Å²) in [5.41, 5.74) is 0. The Hall–Kier alpha value is -0.0800. The van der Waals surface area contributed by atoms with E-state index in [4.69, 9.17) is 9.47 Å². The molecule has 0 amide bonds. The Bertz CT molecular complexity index is 124. The van der Waals surface area contributed by atoms with Crippen molar-refractivity contribution in [3.8, 4) is 0 Å². The number of hydrogen-bond donors (Lipinski definition) is 0. The summed E-state index contributed by atoms with van der Waals surface area (Å²) in [6.45, 7) is 4.09. The largest absolute Gasteiger partial charge is 0.352 e. The Balaban J connectivity index is 2.03. The summed E-state index contributed by atoms with van der Waals surface area (Å²) in [5, 5.41) is 0. The lowest BCUT2D eigenvalue weighted by atomic mass is 9.88. The van der Waals surface area contributed by atoms with Gasteiger partial charge in [-0.25, -0.2) is 0 Å². The van der Waals surface area contributed by atoms with Crippen molar-refractivity contribution in [1.29, 1.82) is 0 Å². The van der Waals surface area contributed by atoms with Crippen LogP contribution in [0.15, 0.2) is 0 Å². The Morgan fingerprint density at radius 1 is 1.10 bits per heavy atom. The van der Waals surface area contributed by atoms with Crippen LogP contribution < -0.4 is 0 Å². The molecule has 0 aromatic rings. The predicted molar refractivity (Wildman–Crippen MR) is 37.6 cm³/mol. The van der Waals surface area contributed by atoms with Gasteiger partial charge in [0.25, 0.3) is 0 Å². The first-order chi connectivity index (χ1) is 4.88. The molecule has 0 aliphatic carbocycles. The maximum Gasteiger partial charge on any atom is 0.160 e. The minimum Gasteiger partial charge on any atom is -0.352 e. The standard InChI is InChI=1S/C8H14O2/c1-6-2-4-9-8-7(6)3-5-10-8/h6-8H,2-5H2,1H3. The smallest absolute Gasteiger partial charge is 0.160 e. The molecule has 2 heteroatoms. The van der Waals surface area contributed by atoms with Crippen molar-refractivity contribution in [1.82, 2.24) is 0 Å². The third-order valence-electron chi connectivity index (χ3n) is 2.67. The Labute approximate surface area is 61.5 Å². The molecule has 0 saturated carbocycles. The van der Waals surface area contributed by atoms with Gasteiger partial charge in [-0.05, 0) is 18.8 Å². The van der Waals surface area contributed by atoms with Gasteiger partial charge in [0.1, 0.15) is 0 Å². The van der Waals surface area contributed by atoms with E-state index in [1.165, 1.54) is 12.8 Å². The molecular weight excluding hydrogens is 128 g/mol. The van der Waals surface area contributed by atoms with Crippen molar-refractivity contribution < 1.29 is 9.47 Å². The zero-order valence-corrected chi connectivity index (χ0v) is 6.38. The normalized spacial score (nSPS) is 47.1. The van der Waals surface area contributed by atoms with Gasteiger partial charge < -0.3 is 9.47 Å². The molecule has 0 spiro atoms. The lowest BCUT2D eigenvalue weighted by Gasteiger charge is -2.29. The molecule has 0 radical (unpaired) electrons. The molecule has 2 fully saturated rings. The van der Waals surface area contributed by atoms with Crippen molar-refractivity contribution >= 4 is 0 Å². The zero-order valence-electron chi connectivity index (χ0n) is 6.38. The van der Waals surface area contributed by atoms with Crippen LogP contribution in [0, 0.1) is 11.8 Å². The van der Waals surface area contributed by atoms with E-state index in [0.717, 1.165) is 19.1 Å².